The Morgan fingerprint density at radius 3 is 2.62 bits per heavy atom. The predicted molar refractivity (Wildman–Crippen MR) is 92.5 cm³/mol. The monoisotopic (exact) mass is 331 g/mol. The molecule has 1 aliphatic rings. The highest BCUT2D eigenvalue weighted by molar-refractivity contribution is 6.56. The molecule has 2 aromatic heterocycles. The van der Waals surface area contributed by atoms with Crippen LogP contribution >= 0.6 is 0 Å². The van der Waals surface area contributed by atoms with Crippen LogP contribution in [0.4, 0.5) is 0 Å². The van der Waals surface area contributed by atoms with Gasteiger partial charge in [-0.3, -0.25) is 9.89 Å². The van der Waals surface area contributed by atoms with E-state index in [0.29, 0.717) is 23.3 Å². The number of hydrogen-bond acceptors (Lipinski definition) is 6. The molecule has 128 valence electrons. The van der Waals surface area contributed by atoms with Crippen molar-refractivity contribution < 1.29 is 9.31 Å². The van der Waals surface area contributed by atoms with Crippen LogP contribution in [0.3, 0.4) is 0 Å². The van der Waals surface area contributed by atoms with Crippen molar-refractivity contribution in [3.8, 4) is 0 Å². The summed E-state index contributed by atoms with van der Waals surface area (Å²) in [6.07, 6.45) is 3.17. The Balaban J connectivity index is 2.02. The molecule has 3 rings (SSSR count). The van der Waals surface area contributed by atoms with Crippen molar-refractivity contribution in [1.29, 1.82) is 0 Å². The normalized spacial score (nSPS) is 20.0. The smallest absolute Gasteiger partial charge is 0.400 e. The third-order valence-corrected chi connectivity index (χ3v) is 4.65. The zero-order valence-electron chi connectivity index (χ0n) is 14.6. The van der Waals surface area contributed by atoms with Gasteiger partial charge in [-0.2, -0.15) is 5.10 Å². The maximum absolute atomic E-state index is 12.1. The van der Waals surface area contributed by atoms with Crippen molar-refractivity contribution in [3.63, 3.8) is 0 Å². The summed E-state index contributed by atoms with van der Waals surface area (Å²) in [5.74, 6) is 0. The van der Waals surface area contributed by atoms with Crippen LogP contribution in [0.5, 0.6) is 0 Å². The number of aromatic amines is 2. The highest BCUT2D eigenvalue weighted by Crippen LogP contribution is 2.38. The van der Waals surface area contributed by atoms with Crippen LogP contribution in [0.25, 0.3) is 17.1 Å². The van der Waals surface area contributed by atoms with Crippen molar-refractivity contribution in [2.45, 2.75) is 38.9 Å². The summed E-state index contributed by atoms with van der Waals surface area (Å²) in [6, 6.07) is 0. The second-order valence-electron chi connectivity index (χ2n) is 6.91. The third kappa shape index (κ3) is 2.79. The minimum atomic E-state index is -0.503. The van der Waals surface area contributed by atoms with Gasteiger partial charge in [0.2, 0.25) is 0 Å². The molecule has 0 saturated carbocycles. The van der Waals surface area contributed by atoms with Gasteiger partial charge >= 0.3 is 7.12 Å². The van der Waals surface area contributed by atoms with Crippen LogP contribution in [0.2, 0.25) is 0 Å². The largest absolute Gasteiger partial charge is 0.491 e. The fourth-order valence-electron chi connectivity index (χ4n) is 2.58. The summed E-state index contributed by atoms with van der Waals surface area (Å²) in [5, 5.41) is 10.5. The molecule has 24 heavy (non-hydrogen) atoms. The van der Waals surface area contributed by atoms with Crippen LogP contribution in [-0.4, -0.2) is 52.1 Å². The molecule has 8 nitrogen and oxygen atoms in total. The van der Waals surface area contributed by atoms with Gasteiger partial charge in [0.15, 0.2) is 5.65 Å². The maximum Gasteiger partial charge on any atom is 0.491 e. The average Bonchev–Trinajstić information content (AvgIpc) is 2.98. The molecule has 0 radical (unpaired) electrons. The molecule has 0 unspecified atom stereocenters. The summed E-state index contributed by atoms with van der Waals surface area (Å²) in [7, 11) is 1.34. The van der Waals surface area contributed by atoms with E-state index in [9.17, 15) is 4.79 Å². The van der Waals surface area contributed by atoms with Gasteiger partial charge in [0.1, 0.15) is 5.39 Å². The number of rotatable bonds is 4. The van der Waals surface area contributed by atoms with E-state index < -0.39 is 18.3 Å². The highest BCUT2D eigenvalue weighted by Gasteiger charge is 2.52. The van der Waals surface area contributed by atoms with Crippen molar-refractivity contribution in [2.24, 2.45) is 0 Å². The van der Waals surface area contributed by atoms with E-state index in [1.807, 2.05) is 40.8 Å². The van der Waals surface area contributed by atoms with Crippen LogP contribution in [0.15, 0.2) is 16.6 Å². The van der Waals surface area contributed by atoms with Crippen LogP contribution in [0.1, 0.15) is 33.4 Å². The summed E-state index contributed by atoms with van der Waals surface area (Å²) in [5.41, 5.74) is 0.726. The quantitative estimate of drug-likeness (QED) is 0.719. The Hall–Kier alpha value is -1.97. The van der Waals surface area contributed by atoms with E-state index in [4.69, 9.17) is 9.31 Å². The molecule has 3 N–H and O–H groups in total. The molecular weight excluding hydrogens is 309 g/mol. The van der Waals surface area contributed by atoms with E-state index in [0.717, 1.165) is 5.47 Å². The molecule has 0 spiro atoms. The fourth-order valence-corrected chi connectivity index (χ4v) is 2.58. The molecule has 0 amide bonds. The molecule has 1 fully saturated rings. The van der Waals surface area contributed by atoms with Gasteiger partial charge < -0.3 is 19.6 Å². The first kappa shape index (κ1) is 16.9. The van der Waals surface area contributed by atoms with Gasteiger partial charge in [0.05, 0.1) is 23.2 Å². The number of fused-ring (bicyclic) bond motifs is 1. The van der Waals surface area contributed by atoms with Gasteiger partial charge in [-0.1, -0.05) is 0 Å². The van der Waals surface area contributed by atoms with Crippen LogP contribution in [0, 0.1) is 0 Å². The van der Waals surface area contributed by atoms with Crippen molar-refractivity contribution >= 4 is 24.2 Å². The van der Waals surface area contributed by atoms with E-state index in [1.54, 1.807) is 0 Å². The standard InChI is InChI=1S/C15H22BN5O3/c1-14(2)15(3,4)24-16(23-14)9(7-17-5)6-10-11-12(21-20-10)18-8-19-13(11)22/h6,8,17H,7H2,1-5H3,(H2,18,19,20,21,22). The molecule has 0 aliphatic carbocycles. The van der Waals surface area contributed by atoms with Gasteiger partial charge in [0, 0.05) is 6.54 Å². The fraction of sp³-hybridized carbons (Fsp3) is 0.533. The van der Waals surface area contributed by atoms with Crippen molar-refractivity contribution in [2.75, 3.05) is 13.6 Å². The molecule has 0 aromatic carbocycles. The zero-order valence-corrected chi connectivity index (χ0v) is 14.6. The lowest BCUT2D eigenvalue weighted by molar-refractivity contribution is 0.00578. The van der Waals surface area contributed by atoms with Gasteiger partial charge in [-0.05, 0) is 46.3 Å². The lowest BCUT2D eigenvalue weighted by Crippen LogP contribution is -2.41. The molecule has 1 saturated heterocycles. The highest BCUT2D eigenvalue weighted by atomic mass is 16.7. The molecule has 0 atom stereocenters. The van der Waals surface area contributed by atoms with Gasteiger partial charge in [-0.25, -0.2) is 4.98 Å². The number of aromatic nitrogens is 4. The predicted octanol–water partition coefficient (Wildman–Crippen LogP) is 0.880. The first-order valence-electron chi connectivity index (χ1n) is 7.87. The van der Waals surface area contributed by atoms with E-state index in [-0.39, 0.29) is 5.56 Å². The number of likely N-dealkylation sites (N-methyl/N-ethyl adjacent to an activating group) is 1. The lowest BCUT2D eigenvalue weighted by Gasteiger charge is -2.32. The Morgan fingerprint density at radius 2 is 2.00 bits per heavy atom. The number of H-pyrrole nitrogens is 2. The summed E-state index contributed by atoms with van der Waals surface area (Å²) in [6.45, 7) is 8.57. The number of nitrogens with one attached hydrogen (secondary N) is 3. The van der Waals surface area contributed by atoms with E-state index in [1.165, 1.54) is 6.33 Å². The topological polar surface area (TPSA) is 105 Å². The lowest BCUT2D eigenvalue weighted by atomic mass is 9.77. The Morgan fingerprint density at radius 1 is 1.33 bits per heavy atom. The number of nitrogens with zero attached hydrogens (tertiary/aromatic N) is 2. The SMILES string of the molecule is CNCC(=Cc1[nH]nc2nc[nH]c(=O)c12)B1OC(C)(C)C(C)(C)O1. The molecule has 0 bridgehead atoms. The first-order chi connectivity index (χ1) is 11.2. The Kier molecular flexibility index (Phi) is 4.10. The van der Waals surface area contributed by atoms with E-state index >= 15 is 0 Å². The second kappa shape index (κ2) is 5.84. The number of hydrogen-bond donors (Lipinski definition) is 3. The maximum atomic E-state index is 12.1. The molecular formula is C15H22BN5O3. The van der Waals surface area contributed by atoms with Crippen molar-refractivity contribution in [1.82, 2.24) is 25.5 Å². The molecule has 2 aromatic rings. The van der Waals surface area contributed by atoms with Crippen LogP contribution in [-0.2, 0) is 9.31 Å². The van der Waals surface area contributed by atoms with Crippen molar-refractivity contribution in [3.05, 3.63) is 27.8 Å². The zero-order chi connectivity index (χ0) is 17.5. The third-order valence-electron chi connectivity index (χ3n) is 4.65. The second-order valence-corrected chi connectivity index (χ2v) is 6.91. The molecule has 9 heteroatoms. The minimum absolute atomic E-state index is 0.238. The minimum Gasteiger partial charge on any atom is -0.400 e. The molecule has 1 aliphatic heterocycles. The summed E-state index contributed by atoms with van der Waals surface area (Å²) >= 11 is 0. The van der Waals surface area contributed by atoms with E-state index in [2.05, 4.69) is 25.5 Å². The molecule has 3 heterocycles. The van der Waals surface area contributed by atoms with Gasteiger partial charge in [-0.15, -0.1) is 0 Å². The summed E-state index contributed by atoms with van der Waals surface area (Å²) < 4.78 is 12.2. The Bertz CT molecular complexity index is 823. The van der Waals surface area contributed by atoms with Crippen LogP contribution < -0.4 is 10.9 Å². The Labute approximate surface area is 140 Å². The van der Waals surface area contributed by atoms with Gasteiger partial charge in [0.25, 0.3) is 5.56 Å². The summed E-state index contributed by atoms with van der Waals surface area (Å²) in [4.78, 5) is 18.7. The average molecular weight is 331 g/mol. The first-order valence-corrected chi connectivity index (χ1v) is 7.87.